The molecule has 0 aliphatic carbocycles. The number of hydrogen-bond acceptors (Lipinski definition) is 2. The van der Waals surface area contributed by atoms with Crippen molar-refractivity contribution in [2.45, 2.75) is 25.7 Å². The lowest BCUT2D eigenvalue weighted by atomic mass is 9.92. The van der Waals surface area contributed by atoms with Gasteiger partial charge in [-0.05, 0) is 36.5 Å². The van der Waals surface area contributed by atoms with Gasteiger partial charge in [0.1, 0.15) is 5.78 Å². The molecule has 0 amide bonds. The minimum Gasteiger partial charge on any atom is -0.381 e. The van der Waals surface area contributed by atoms with Crippen LogP contribution >= 0.6 is 0 Å². The Hall–Kier alpha value is -1.29. The molecule has 0 unspecified atom stereocenters. The average molecular weight is 254 g/mol. The molecule has 1 aliphatic heterocycles. The van der Waals surface area contributed by atoms with Crippen LogP contribution in [0.5, 0.6) is 0 Å². The monoisotopic (exact) mass is 254 g/mol. The van der Waals surface area contributed by atoms with Gasteiger partial charge in [0.15, 0.2) is 11.6 Å². The van der Waals surface area contributed by atoms with Crippen molar-refractivity contribution in [3.8, 4) is 0 Å². The van der Waals surface area contributed by atoms with Gasteiger partial charge in [0.05, 0.1) is 0 Å². The van der Waals surface area contributed by atoms with Crippen molar-refractivity contribution < 1.29 is 18.3 Å². The zero-order chi connectivity index (χ0) is 13.0. The smallest absolute Gasteiger partial charge is 0.159 e. The summed E-state index contributed by atoms with van der Waals surface area (Å²) in [4.78, 5) is 11.8. The second-order valence-corrected chi connectivity index (χ2v) is 4.72. The molecule has 0 spiro atoms. The summed E-state index contributed by atoms with van der Waals surface area (Å²) < 4.78 is 30.9. The molecule has 2 rings (SSSR count). The number of carbonyl (C=O) groups excluding carboxylic acids is 1. The quantitative estimate of drug-likeness (QED) is 0.825. The molecular formula is C14H16F2O2. The Labute approximate surface area is 105 Å². The van der Waals surface area contributed by atoms with Gasteiger partial charge in [0.2, 0.25) is 0 Å². The maximum Gasteiger partial charge on any atom is 0.159 e. The molecule has 0 radical (unpaired) electrons. The van der Waals surface area contributed by atoms with Crippen molar-refractivity contribution in [3.63, 3.8) is 0 Å². The van der Waals surface area contributed by atoms with Crippen LogP contribution in [0.2, 0.25) is 0 Å². The number of ether oxygens (including phenoxy) is 1. The molecular weight excluding hydrogens is 238 g/mol. The Morgan fingerprint density at radius 1 is 1.22 bits per heavy atom. The second kappa shape index (κ2) is 6.05. The van der Waals surface area contributed by atoms with Gasteiger partial charge in [-0.2, -0.15) is 0 Å². The highest BCUT2D eigenvalue weighted by Crippen LogP contribution is 2.20. The maximum atomic E-state index is 13.0. The highest BCUT2D eigenvalue weighted by atomic mass is 19.2. The lowest BCUT2D eigenvalue weighted by molar-refractivity contribution is -0.120. The molecule has 0 N–H and O–H groups in total. The Morgan fingerprint density at radius 3 is 2.61 bits per heavy atom. The van der Waals surface area contributed by atoms with Gasteiger partial charge >= 0.3 is 0 Å². The lowest BCUT2D eigenvalue weighted by Gasteiger charge is -2.21. The largest absolute Gasteiger partial charge is 0.381 e. The van der Waals surface area contributed by atoms with Crippen LogP contribution in [0.15, 0.2) is 18.2 Å². The van der Waals surface area contributed by atoms with Crippen LogP contribution in [-0.2, 0) is 16.0 Å². The molecule has 1 aliphatic rings. The van der Waals surface area contributed by atoms with Crippen LogP contribution < -0.4 is 0 Å². The first-order valence-corrected chi connectivity index (χ1v) is 6.18. The van der Waals surface area contributed by atoms with Gasteiger partial charge in [-0.1, -0.05) is 6.07 Å². The summed E-state index contributed by atoms with van der Waals surface area (Å²) in [5.41, 5.74) is 0.533. The lowest BCUT2D eigenvalue weighted by Crippen LogP contribution is -2.19. The topological polar surface area (TPSA) is 26.3 Å². The summed E-state index contributed by atoms with van der Waals surface area (Å²) in [5.74, 6) is -1.33. The van der Waals surface area contributed by atoms with Gasteiger partial charge in [-0.15, -0.1) is 0 Å². The van der Waals surface area contributed by atoms with E-state index in [-0.39, 0.29) is 12.2 Å². The third-order valence-electron chi connectivity index (χ3n) is 3.24. The molecule has 1 fully saturated rings. The molecule has 98 valence electrons. The summed E-state index contributed by atoms with van der Waals surface area (Å²) >= 11 is 0. The van der Waals surface area contributed by atoms with Crippen molar-refractivity contribution in [2.24, 2.45) is 5.92 Å². The minimum absolute atomic E-state index is 0.0768. The van der Waals surface area contributed by atoms with E-state index in [0.717, 1.165) is 25.0 Å². The Morgan fingerprint density at radius 2 is 1.94 bits per heavy atom. The van der Waals surface area contributed by atoms with E-state index >= 15 is 0 Å². The van der Waals surface area contributed by atoms with E-state index in [9.17, 15) is 13.6 Å². The van der Waals surface area contributed by atoms with Crippen molar-refractivity contribution in [1.29, 1.82) is 0 Å². The number of hydrogen-bond donors (Lipinski definition) is 0. The third-order valence-corrected chi connectivity index (χ3v) is 3.24. The number of ketones is 1. The van der Waals surface area contributed by atoms with E-state index in [4.69, 9.17) is 4.74 Å². The van der Waals surface area contributed by atoms with E-state index in [0.29, 0.717) is 31.1 Å². The number of halogens is 2. The Balaban J connectivity index is 1.88. The highest BCUT2D eigenvalue weighted by molar-refractivity contribution is 5.81. The Bertz CT molecular complexity index is 426. The first-order valence-electron chi connectivity index (χ1n) is 6.18. The standard InChI is InChI=1S/C14H16F2O2/c15-13-2-1-11(9-14(13)16)8-12(17)7-10-3-5-18-6-4-10/h1-2,9-10H,3-8H2. The average Bonchev–Trinajstić information content (AvgIpc) is 2.35. The molecule has 1 heterocycles. The molecule has 1 aromatic rings. The van der Waals surface area contributed by atoms with E-state index in [1.54, 1.807) is 0 Å². The van der Waals surface area contributed by atoms with Crippen molar-refractivity contribution in [1.82, 2.24) is 0 Å². The normalized spacial score (nSPS) is 16.8. The zero-order valence-corrected chi connectivity index (χ0v) is 10.1. The van der Waals surface area contributed by atoms with Crippen molar-refractivity contribution in [3.05, 3.63) is 35.4 Å². The van der Waals surface area contributed by atoms with E-state index in [2.05, 4.69) is 0 Å². The van der Waals surface area contributed by atoms with Gasteiger partial charge in [0.25, 0.3) is 0 Å². The van der Waals surface area contributed by atoms with Crippen molar-refractivity contribution in [2.75, 3.05) is 13.2 Å². The molecule has 2 nitrogen and oxygen atoms in total. The molecule has 0 atom stereocenters. The molecule has 1 aromatic carbocycles. The number of rotatable bonds is 4. The fourth-order valence-electron chi connectivity index (χ4n) is 2.22. The predicted molar refractivity (Wildman–Crippen MR) is 63.2 cm³/mol. The minimum atomic E-state index is -0.897. The third kappa shape index (κ3) is 3.60. The fraction of sp³-hybridized carbons (Fsp3) is 0.500. The first-order chi connectivity index (χ1) is 8.65. The van der Waals surface area contributed by atoms with Crippen LogP contribution in [0, 0.1) is 17.6 Å². The molecule has 18 heavy (non-hydrogen) atoms. The van der Waals surface area contributed by atoms with Crippen LogP contribution in [0.25, 0.3) is 0 Å². The molecule has 0 saturated carbocycles. The summed E-state index contributed by atoms with van der Waals surface area (Å²) in [6.07, 6.45) is 2.49. The van der Waals surface area contributed by atoms with E-state index in [1.807, 2.05) is 0 Å². The van der Waals surface area contributed by atoms with Gasteiger partial charge in [-0.25, -0.2) is 8.78 Å². The summed E-state index contributed by atoms with van der Waals surface area (Å²) in [6.45, 7) is 1.42. The summed E-state index contributed by atoms with van der Waals surface area (Å²) in [5, 5.41) is 0. The fourth-order valence-corrected chi connectivity index (χ4v) is 2.22. The number of benzene rings is 1. The maximum absolute atomic E-state index is 13.0. The highest BCUT2D eigenvalue weighted by Gasteiger charge is 2.17. The Kier molecular flexibility index (Phi) is 4.42. The SMILES string of the molecule is O=C(Cc1ccc(F)c(F)c1)CC1CCOCC1. The second-order valence-electron chi connectivity index (χ2n) is 4.72. The number of Topliss-reactive ketones (excluding diaryl/α,β-unsaturated/α-hetero) is 1. The van der Waals surface area contributed by atoms with Gasteiger partial charge in [-0.3, -0.25) is 4.79 Å². The van der Waals surface area contributed by atoms with Crippen molar-refractivity contribution >= 4 is 5.78 Å². The van der Waals surface area contributed by atoms with Gasteiger partial charge in [0, 0.05) is 26.1 Å². The first kappa shape index (κ1) is 13.1. The number of carbonyl (C=O) groups is 1. The van der Waals surface area contributed by atoms with Gasteiger partial charge < -0.3 is 4.74 Å². The van der Waals surface area contributed by atoms with Crippen LogP contribution in [0.3, 0.4) is 0 Å². The molecule has 0 aromatic heterocycles. The summed E-state index contributed by atoms with van der Waals surface area (Å²) in [7, 11) is 0. The molecule has 4 heteroatoms. The zero-order valence-electron chi connectivity index (χ0n) is 10.1. The van der Waals surface area contributed by atoms with Crippen LogP contribution in [-0.4, -0.2) is 19.0 Å². The van der Waals surface area contributed by atoms with E-state index in [1.165, 1.54) is 6.07 Å². The van der Waals surface area contributed by atoms with E-state index < -0.39 is 11.6 Å². The van der Waals surface area contributed by atoms with Crippen LogP contribution in [0.1, 0.15) is 24.8 Å². The molecule has 1 saturated heterocycles. The molecule has 0 bridgehead atoms. The predicted octanol–water partition coefficient (Wildman–Crippen LogP) is 2.89. The summed E-state index contributed by atoms with van der Waals surface area (Å²) in [6, 6.07) is 3.61. The van der Waals surface area contributed by atoms with Crippen LogP contribution in [0.4, 0.5) is 8.78 Å².